The predicted molar refractivity (Wildman–Crippen MR) is 95.0 cm³/mol. The molecule has 1 N–H and O–H groups in total. The average Bonchev–Trinajstić information content (AvgIpc) is 3.09. The molecule has 2 amide bonds. The van der Waals surface area contributed by atoms with E-state index in [2.05, 4.69) is 16.9 Å². The second kappa shape index (κ2) is 7.34. The minimum absolute atomic E-state index is 0.139. The maximum absolute atomic E-state index is 12.3. The number of aromatic nitrogens is 2. The topological polar surface area (TPSA) is 67.2 Å². The van der Waals surface area contributed by atoms with E-state index in [-0.39, 0.29) is 17.9 Å². The van der Waals surface area contributed by atoms with Crippen molar-refractivity contribution in [3.63, 3.8) is 0 Å². The van der Waals surface area contributed by atoms with Crippen molar-refractivity contribution in [1.29, 1.82) is 0 Å². The molecule has 0 radical (unpaired) electrons. The lowest BCUT2D eigenvalue weighted by molar-refractivity contribution is -0.128. The van der Waals surface area contributed by atoms with E-state index in [1.165, 1.54) is 6.08 Å². The van der Waals surface area contributed by atoms with Crippen LogP contribution in [0.4, 0.5) is 0 Å². The Bertz CT molecular complexity index is 782. The Balaban J connectivity index is 2.01. The van der Waals surface area contributed by atoms with E-state index in [4.69, 9.17) is 0 Å². The minimum atomic E-state index is -0.326. The molecule has 0 spiro atoms. The van der Waals surface area contributed by atoms with Gasteiger partial charge < -0.3 is 14.8 Å². The molecule has 25 heavy (non-hydrogen) atoms. The number of nitrogens with zero attached hydrogens (tertiary/aromatic N) is 3. The van der Waals surface area contributed by atoms with Gasteiger partial charge in [-0.15, -0.1) is 0 Å². The van der Waals surface area contributed by atoms with Gasteiger partial charge in [-0.1, -0.05) is 43.8 Å². The number of benzene rings is 1. The molecule has 0 bridgehead atoms. The van der Waals surface area contributed by atoms with E-state index in [1.807, 2.05) is 41.8 Å². The van der Waals surface area contributed by atoms with Gasteiger partial charge in [0.2, 0.25) is 5.91 Å². The first-order valence-electron chi connectivity index (χ1n) is 8.49. The van der Waals surface area contributed by atoms with Gasteiger partial charge >= 0.3 is 0 Å². The molecule has 6 nitrogen and oxygen atoms in total. The Morgan fingerprint density at radius 1 is 1.32 bits per heavy atom. The number of nitrogens with one attached hydrogen (secondary N) is 1. The molecule has 1 unspecified atom stereocenters. The highest BCUT2D eigenvalue weighted by Crippen LogP contribution is 2.31. The van der Waals surface area contributed by atoms with Crippen LogP contribution in [0, 0.1) is 0 Å². The molecule has 6 heteroatoms. The smallest absolute Gasteiger partial charge is 0.271 e. The number of carbonyl (C=O) groups is 2. The Morgan fingerprint density at radius 3 is 2.76 bits per heavy atom. The SMILES string of the molecule is C=CC(=O)N1CCn2cc(C(=O)NCCC)nc2C1c1ccccc1. The maximum Gasteiger partial charge on any atom is 0.271 e. The van der Waals surface area contributed by atoms with Gasteiger partial charge in [-0.2, -0.15) is 0 Å². The summed E-state index contributed by atoms with van der Waals surface area (Å²) < 4.78 is 1.96. The maximum atomic E-state index is 12.3. The molecular weight excluding hydrogens is 316 g/mol. The van der Waals surface area contributed by atoms with Crippen molar-refractivity contribution in [3.8, 4) is 0 Å². The average molecular weight is 338 g/mol. The van der Waals surface area contributed by atoms with Gasteiger partial charge in [0.1, 0.15) is 17.6 Å². The van der Waals surface area contributed by atoms with Gasteiger partial charge in [-0.05, 0) is 18.1 Å². The van der Waals surface area contributed by atoms with Crippen molar-refractivity contribution in [2.24, 2.45) is 0 Å². The van der Waals surface area contributed by atoms with Crippen LogP contribution < -0.4 is 5.32 Å². The van der Waals surface area contributed by atoms with Gasteiger partial charge in [-0.25, -0.2) is 4.98 Å². The van der Waals surface area contributed by atoms with Gasteiger partial charge in [0, 0.05) is 25.8 Å². The third kappa shape index (κ3) is 3.33. The predicted octanol–water partition coefficient (Wildman–Crippen LogP) is 2.14. The first-order chi connectivity index (χ1) is 12.2. The molecule has 0 aliphatic carbocycles. The lowest BCUT2D eigenvalue weighted by Crippen LogP contribution is -2.42. The van der Waals surface area contributed by atoms with Crippen molar-refractivity contribution >= 4 is 11.8 Å². The minimum Gasteiger partial charge on any atom is -0.351 e. The van der Waals surface area contributed by atoms with Gasteiger partial charge in [0.25, 0.3) is 5.91 Å². The molecule has 1 aromatic carbocycles. The molecule has 3 rings (SSSR count). The van der Waals surface area contributed by atoms with E-state index in [9.17, 15) is 9.59 Å². The third-order valence-electron chi connectivity index (χ3n) is 4.29. The Morgan fingerprint density at radius 2 is 2.08 bits per heavy atom. The van der Waals surface area contributed by atoms with Crippen LogP contribution in [0.1, 0.15) is 41.3 Å². The molecule has 0 saturated carbocycles. The quantitative estimate of drug-likeness (QED) is 0.850. The first kappa shape index (κ1) is 17.0. The molecule has 1 aromatic heterocycles. The number of rotatable bonds is 5. The number of fused-ring (bicyclic) bond motifs is 1. The molecule has 1 aliphatic rings. The molecule has 2 aromatic rings. The summed E-state index contributed by atoms with van der Waals surface area (Å²) in [6.45, 7) is 7.37. The highest BCUT2D eigenvalue weighted by Gasteiger charge is 2.33. The van der Waals surface area contributed by atoms with Crippen LogP contribution in [0.25, 0.3) is 0 Å². The lowest BCUT2D eigenvalue weighted by Gasteiger charge is -2.35. The Hall–Kier alpha value is -2.89. The third-order valence-corrected chi connectivity index (χ3v) is 4.29. The summed E-state index contributed by atoms with van der Waals surface area (Å²) in [6.07, 6.45) is 3.96. The normalized spacial score (nSPS) is 16.2. The van der Waals surface area contributed by atoms with E-state index < -0.39 is 0 Å². The lowest BCUT2D eigenvalue weighted by atomic mass is 10.0. The van der Waals surface area contributed by atoms with Crippen molar-refractivity contribution in [1.82, 2.24) is 19.8 Å². The zero-order valence-corrected chi connectivity index (χ0v) is 14.3. The molecule has 1 aliphatic heterocycles. The largest absolute Gasteiger partial charge is 0.351 e. The van der Waals surface area contributed by atoms with E-state index >= 15 is 0 Å². The number of imidazole rings is 1. The van der Waals surface area contributed by atoms with E-state index in [0.29, 0.717) is 31.2 Å². The number of hydrogen-bond donors (Lipinski definition) is 1. The molecule has 0 fully saturated rings. The van der Waals surface area contributed by atoms with Crippen molar-refractivity contribution < 1.29 is 9.59 Å². The fourth-order valence-electron chi connectivity index (χ4n) is 3.07. The summed E-state index contributed by atoms with van der Waals surface area (Å²) in [7, 11) is 0. The first-order valence-corrected chi connectivity index (χ1v) is 8.49. The van der Waals surface area contributed by atoms with Crippen LogP contribution in [0.15, 0.2) is 49.2 Å². The van der Waals surface area contributed by atoms with Crippen molar-refractivity contribution in [3.05, 3.63) is 66.3 Å². The highest BCUT2D eigenvalue weighted by atomic mass is 16.2. The summed E-state index contributed by atoms with van der Waals surface area (Å²) in [5, 5.41) is 2.85. The summed E-state index contributed by atoms with van der Waals surface area (Å²) in [5.41, 5.74) is 1.35. The van der Waals surface area contributed by atoms with Crippen LogP contribution in [-0.2, 0) is 11.3 Å². The van der Waals surface area contributed by atoms with Gasteiger partial charge in [0.15, 0.2) is 0 Å². The summed E-state index contributed by atoms with van der Waals surface area (Å²) in [5.74, 6) is 0.381. The zero-order valence-electron chi connectivity index (χ0n) is 14.3. The monoisotopic (exact) mass is 338 g/mol. The second-order valence-electron chi connectivity index (χ2n) is 5.98. The van der Waals surface area contributed by atoms with Crippen LogP contribution in [0.5, 0.6) is 0 Å². The second-order valence-corrected chi connectivity index (χ2v) is 5.98. The Kier molecular flexibility index (Phi) is 4.97. The van der Waals surface area contributed by atoms with E-state index in [1.54, 1.807) is 11.1 Å². The zero-order chi connectivity index (χ0) is 17.8. The molecule has 0 saturated heterocycles. The highest BCUT2D eigenvalue weighted by molar-refractivity contribution is 5.92. The van der Waals surface area contributed by atoms with Crippen LogP contribution in [0.2, 0.25) is 0 Å². The molecule has 2 heterocycles. The van der Waals surface area contributed by atoms with E-state index in [0.717, 1.165) is 12.0 Å². The summed E-state index contributed by atoms with van der Waals surface area (Å²) in [4.78, 5) is 30.9. The van der Waals surface area contributed by atoms with Crippen LogP contribution in [-0.4, -0.2) is 39.4 Å². The molecule has 130 valence electrons. The summed E-state index contributed by atoms with van der Waals surface area (Å²) >= 11 is 0. The fraction of sp³-hybridized carbons (Fsp3) is 0.316. The van der Waals surface area contributed by atoms with Crippen LogP contribution in [0.3, 0.4) is 0 Å². The van der Waals surface area contributed by atoms with Gasteiger partial charge in [-0.3, -0.25) is 9.59 Å². The number of amides is 2. The summed E-state index contributed by atoms with van der Waals surface area (Å²) in [6, 6.07) is 9.41. The van der Waals surface area contributed by atoms with Crippen LogP contribution >= 0.6 is 0 Å². The fourth-order valence-corrected chi connectivity index (χ4v) is 3.07. The number of carbonyl (C=O) groups excluding carboxylic acids is 2. The molecular formula is C19H22N4O2. The molecule has 1 atom stereocenters. The standard InChI is InChI=1S/C19H22N4O2/c1-3-10-20-19(25)15-13-22-11-12-23(16(24)4-2)17(18(22)21-15)14-8-6-5-7-9-14/h4-9,13,17H,2-3,10-12H2,1H3,(H,20,25). The van der Waals surface area contributed by atoms with Gasteiger partial charge in [0.05, 0.1) is 0 Å². The van der Waals surface area contributed by atoms with Crippen molar-refractivity contribution in [2.75, 3.05) is 13.1 Å². The number of hydrogen-bond acceptors (Lipinski definition) is 3. The van der Waals surface area contributed by atoms with Crippen molar-refractivity contribution in [2.45, 2.75) is 25.9 Å². The Labute approximate surface area is 147 Å².